The number of amides is 1. The van der Waals surface area contributed by atoms with Crippen LogP contribution in [-0.2, 0) is 21.9 Å². The maximum absolute atomic E-state index is 13.6. The Bertz CT molecular complexity index is 1180. The molecule has 5 rings (SSSR count). The second kappa shape index (κ2) is 9.03. The van der Waals surface area contributed by atoms with Crippen molar-refractivity contribution in [1.82, 2.24) is 0 Å². The molecule has 3 saturated carbocycles. The van der Waals surface area contributed by atoms with E-state index in [0.29, 0.717) is 48.8 Å². The fraction of sp³-hybridized carbons (Fsp3) is 0.643. The number of nitrogens with one attached hydrogen (secondary N) is 1. The number of fused-ring (bicyclic) bond motifs is 5. The summed E-state index contributed by atoms with van der Waals surface area (Å²) < 4.78 is 80.4. The summed E-state index contributed by atoms with van der Waals surface area (Å²) in [6, 6.07) is 1.13. The Morgan fingerprint density at radius 1 is 1.05 bits per heavy atom. The molecule has 4 aliphatic rings. The molecule has 0 aromatic heterocycles. The summed E-state index contributed by atoms with van der Waals surface area (Å²) in [7, 11) is 0. The largest absolute Gasteiger partial charge is 0.418 e. The Labute approximate surface area is 222 Å². The third-order valence-corrected chi connectivity index (χ3v) is 11.3. The summed E-state index contributed by atoms with van der Waals surface area (Å²) in [6.07, 6.45) is -2.36. The number of rotatable bonds is 2. The highest BCUT2D eigenvalue weighted by molar-refractivity contribution is 8.14. The molecule has 3 unspecified atom stereocenters. The minimum atomic E-state index is -4.91. The van der Waals surface area contributed by atoms with Crippen molar-refractivity contribution < 1.29 is 35.9 Å². The highest BCUT2D eigenvalue weighted by Gasteiger charge is 2.61. The predicted molar refractivity (Wildman–Crippen MR) is 133 cm³/mol. The van der Waals surface area contributed by atoms with Crippen molar-refractivity contribution in [2.24, 2.45) is 40.4 Å². The zero-order valence-corrected chi connectivity index (χ0v) is 22.2. The molecular formula is C28H31F6NO2S. The number of alkyl halides is 6. The van der Waals surface area contributed by atoms with E-state index in [9.17, 15) is 35.9 Å². The number of allylic oxidation sites excluding steroid dienone is 1. The van der Waals surface area contributed by atoms with Crippen molar-refractivity contribution in [3.05, 3.63) is 41.5 Å². The number of thioether (sulfide) groups is 1. The summed E-state index contributed by atoms with van der Waals surface area (Å²) in [4.78, 5) is 25.4. The summed E-state index contributed by atoms with van der Waals surface area (Å²) >= 11 is 1.40. The Hall–Kier alpha value is -1.97. The van der Waals surface area contributed by atoms with Gasteiger partial charge in [-0.1, -0.05) is 38.6 Å². The van der Waals surface area contributed by atoms with Crippen LogP contribution in [0.1, 0.15) is 64.0 Å². The van der Waals surface area contributed by atoms with Crippen LogP contribution >= 0.6 is 11.8 Å². The van der Waals surface area contributed by atoms with Gasteiger partial charge in [-0.15, -0.1) is 0 Å². The number of benzene rings is 1. The molecule has 1 aromatic rings. The molecule has 38 heavy (non-hydrogen) atoms. The quantitative estimate of drug-likeness (QED) is 0.374. The van der Waals surface area contributed by atoms with Crippen LogP contribution in [0.5, 0.6) is 0 Å². The maximum atomic E-state index is 13.6. The fourth-order valence-corrected chi connectivity index (χ4v) is 9.44. The molecule has 1 heterocycles. The average Bonchev–Trinajstić information content (AvgIpc) is 3.17. The van der Waals surface area contributed by atoms with Gasteiger partial charge in [0.2, 0.25) is 11.0 Å². The van der Waals surface area contributed by atoms with E-state index in [-0.39, 0.29) is 27.1 Å². The Kier molecular flexibility index (Phi) is 6.56. The lowest BCUT2D eigenvalue weighted by molar-refractivity contribution is -0.141. The van der Waals surface area contributed by atoms with E-state index in [0.717, 1.165) is 19.3 Å². The molecular weight excluding hydrogens is 528 g/mol. The van der Waals surface area contributed by atoms with Crippen molar-refractivity contribution in [2.75, 3.05) is 5.32 Å². The van der Waals surface area contributed by atoms with Gasteiger partial charge in [0.1, 0.15) is 0 Å². The number of carbonyl (C=O) groups is 2. The summed E-state index contributed by atoms with van der Waals surface area (Å²) in [5, 5.41) is 2.50. The molecule has 10 heteroatoms. The van der Waals surface area contributed by atoms with Crippen molar-refractivity contribution in [1.29, 1.82) is 0 Å². The second-order valence-electron chi connectivity index (χ2n) is 12.2. The first kappa shape index (κ1) is 27.6. The number of anilines is 1. The van der Waals surface area contributed by atoms with Gasteiger partial charge in [-0.05, 0) is 85.5 Å². The minimum Gasteiger partial charge on any atom is -0.325 e. The van der Waals surface area contributed by atoms with E-state index < -0.39 is 41.0 Å². The molecule has 3 nitrogen and oxygen atoms in total. The normalized spacial score (nSPS) is 38.8. The third-order valence-electron chi connectivity index (χ3n) is 9.96. The highest BCUT2D eigenvalue weighted by atomic mass is 32.2. The molecule has 1 aliphatic heterocycles. The SMILES string of the molecule is CC1CC2SC(=O)C=C[C@]2(C)[C@@H]2CC[C@]3(C)CC(C(=O)Nc4cc(C(F)(F)F)ccc4C(F)(F)F)C[C@H]3[C@H]12. The maximum Gasteiger partial charge on any atom is 0.418 e. The first-order chi connectivity index (χ1) is 17.5. The number of halogens is 6. The molecule has 3 aliphatic carbocycles. The minimum absolute atomic E-state index is 0.0733. The Morgan fingerprint density at radius 3 is 2.42 bits per heavy atom. The van der Waals surface area contributed by atoms with Gasteiger partial charge in [-0.2, -0.15) is 26.3 Å². The predicted octanol–water partition coefficient (Wildman–Crippen LogP) is 7.97. The molecule has 0 radical (unpaired) electrons. The van der Waals surface area contributed by atoms with E-state index in [1.807, 2.05) is 0 Å². The lowest BCUT2D eigenvalue weighted by atomic mass is 9.48. The van der Waals surface area contributed by atoms with Gasteiger partial charge in [-0.25, -0.2) is 0 Å². The van der Waals surface area contributed by atoms with Crippen LogP contribution < -0.4 is 5.32 Å². The van der Waals surface area contributed by atoms with Crippen molar-refractivity contribution in [3.8, 4) is 0 Å². The van der Waals surface area contributed by atoms with Crippen molar-refractivity contribution in [2.45, 2.75) is 70.5 Å². The molecule has 0 saturated heterocycles. The zero-order chi connectivity index (χ0) is 27.8. The third kappa shape index (κ3) is 4.58. The molecule has 0 bridgehead atoms. The van der Waals surface area contributed by atoms with Gasteiger partial charge in [0, 0.05) is 16.6 Å². The van der Waals surface area contributed by atoms with E-state index >= 15 is 0 Å². The smallest absolute Gasteiger partial charge is 0.325 e. The van der Waals surface area contributed by atoms with Gasteiger partial charge < -0.3 is 5.32 Å². The lowest BCUT2D eigenvalue weighted by Crippen LogP contribution is -2.55. The molecule has 8 atom stereocenters. The molecule has 1 N–H and O–H groups in total. The summed E-state index contributed by atoms with van der Waals surface area (Å²) in [6.45, 7) is 6.55. The van der Waals surface area contributed by atoms with Crippen LogP contribution in [0.3, 0.4) is 0 Å². The average molecular weight is 560 g/mol. The van der Waals surface area contributed by atoms with Gasteiger partial charge in [0.05, 0.1) is 16.8 Å². The lowest BCUT2D eigenvalue weighted by Gasteiger charge is -2.60. The number of hydrogen-bond acceptors (Lipinski definition) is 3. The van der Waals surface area contributed by atoms with Crippen molar-refractivity contribution in [3.63, 3.8) is 0 Å². The Balaban J connectivity index is 1.40. The fourth-order valence-electron chi connectivity index (χ4n) is 8.10. The van der Waals surface area contributed by atoms with Crippen LogP contribution in [0.2, 0.25) is 0 Å². The zero-order valence-electron chi connectivity index (χ0n) is 21.4. The van der Waals surface area contributed by atoms with E-state index in [1.165, 1.54) is 11.8 Å². The van der Waals surface area contributed by atoms with Gasteiger partial charge in [-0.3, -0.25) is 9.59 Å². The van der Waals surface area contributed by atoms with Crippen LogP contribution in [0.25, 0.3) is 0 Å². The number of hydrogen-bond donors (Lipinski definition) is 1. The summed E-state index contributed by atoms with van der Waals surface area (Å²) in [5.74, 6) is -0.136. The molecule has 208 valence electrons. The molecule has 1 aromatic carbocycles. The van der Waals surface area contributed by atoms with Crippen LogP contribution in [0.4, 0.5) is 32.0 Å². The van der Waals surface area contributed by atoms with E-state index in [2.05, 4.69) is 32.2 Å². The highest BCUT2D eigenvalue weighted by Crippen LogP contribution is 2.67. The molecule has 0 spiro atoms. The van der Waals surface area contributed by atoms with Gasteiger partial charge in [0.15, 0.2) is 0 Å². The first-order valence-corrected chi connectivity index (χ1v) is 13.9. The molecule has 3 fully saturated rings. The van der Waals surface area contributed by atoms with Gasteiger partial charge in [0.25, 0.3) is 0 Å². The van der Waals surface area contributed by atoms with Gasteiger partial charge >= 0.3 is 12.4 Å². The van der Waals surface area contributed by atoms with Crippen LogP contribution in [0, 0.1) is 40.4 Å². The second-order valence-corrected chi connectivity index (χ2v) is 13.4. The van der Waals surface area contributed by atoms with Crippen LogP contribution in [-0.4, -0.2) is 16.3 Å². The monoisotopic (exact) mass is 559 g/mol. The first-order valence-electron chi connectivity index (χ1n) is 13.0. The van der Waals surface area contributed by atoms with Crippen LogP contribution in [0.15, 0.2) is 30.4 Å². The topological polar surface area (TPSA) is 46.2 Å². The standard InChI is InChI=1S/C28H31F6NO2S/c1-14-10-21-26(3,9-7-22(36)38-21)18-6-8-25(2)13-15(11-19(25)23(14)18)24(37)35-20-12-16(27(29,30)31)4-5-17(20)28(32,33)34/h4-5,7,9,12,14-15,18-19,21,23H,6,8,10-11,13H2,1-3H3,(H,35,37)/t14?,15?,18-,19+,21?,23-,25-,26-/m1/s1. The Morgan fingerprint density at radius 2 is 1.76 bits per heavy atom. The van der Waals surface area contributed by atoms with E-state index in [4.69, 9.17) is 0 Å². The molecule has 1 amide bonds. The number of carbonyl (C=O) groups excluding carboxylic acids is 2. The van der Waals surface area contributed by atoms with Crippen molar-refractivity contribution >= 4 is 28.5 Å². The summed E-state index contributed by atoms with van der Waals surface area (Å²) in [5.41, 5.74) is -3.71. The van der Waals surface area contributed by atoms with E-state index in [1.54, 1.807) is 6.08 Å².